The maximum atomic E-state index is 4.44. The molecule has 4 aromatic rings. The molecule has 0 radical (unpaired) electrons. The molecule has 1 aromatic carbocycles. The van der Waals surface area contributed by atoms with E-state index in [1.807, 2.05) is 30.5 Å². The van der Waals surface area contributed by atoms with Crippen LogP contribution in [0.15, 0.2) is 82.8 Å². The second-order valence-corrected chi connectivity index (χ2v) is 7.74. The quantitative estimate of drug-likeness (QED) is 0.404. The summed E-state index contributed by atoms with van der Waals surface area (Å²) in [5, 5.41) is 9.70. The zero-order valence-electron chi connectivity index (χ0n) is 14.4. The summed E-state index contributed by atoms with van der Waals surface area (Å²) in [4.78, 5) is 8.66. The molecular weight excluding hydrogens is 422 g/mol. The molecule has 0 aliphatic heterocycles. The van der Waals surface area contributed by atoms with Crippen LogP contribution in [0.1, 0.15) is 11.1 Å². The average Bonchev–Trinajstić information content (AvgIpc) is 3.11. The van der Waals surface area contributed by atoms with Gasteiger partial charge in [-0.15, -0.1) is 10.2 Å². The molecule has 3 aromatic heterocycles. The largest absolute Gasteiger partial charge is 0.296 e. The van der Waals surface area contributed by atoms with Crippen LogP contribution in [0, 0.1) is 0 Å². The summed E-state index contributed by atoms with van der Waals surface area (Å²) >= 11 is 5.14. The number of hydrogen-bond acceptors (Lipinski definition) is 5. The van der Waals surface area contributed by atoms with Crippen LogP contribution in [0.2, 0.25) is 0 Å². The Hall–Kier alpha value is -2.51. The first-order valence-electron chi connectivity index (χ1n) is 8.40. The van der Waals surface area contributed by atoms with E-state index in [1.54, 1.807) is 24.2 Å². The summed E-state index contributed by atoms with van der Waals surface area (Å²) in [6.45, 7) is 0.648. The zero-order chi connectivity index (χ0) is 18.5. The van der Waals surface area contributed by atoms with Crippen LogP contribution in [0.3, 0.4) is 0 Å². The lowest BCUT2D eigenvalue weighted by Crippen LogP contribution is -2.05. The molecule has 0 fully saturated rings. The van der Waals surface area contributed by atoms with Crippen molar-refractivity contribution in [3.8, 4) is 11.5 Å². The molecule has 0 unspecified atom stereocenters. The maximum absolute atomic E-state index is 4.44. The van der Waals surface area contributed by atoms with Gasteiger partial charge in [-0.05, 0) is 41.5 Å². The smallest absolute Gasteiger partial charge is 0.192 e. The van der Waals surface area contributed by atoms with E-state index in [4.69, 9.17) is 0 Å². The van der Waals surface area contributed by atoms with Gasteiger partial charge in [0.25, 0.3) is 0 Å². The van der Waals surface area contributed by atoms with Crippen molar-refractivity contribution in [2.45, 2.75) is 17.5 Å². The standard InChI is InChI=1S/C20H16BrN5S/c21-17-8-6-15(7-9-17)14-27-20-25-24-19(18-5-1-2-11-23-18)26(20)13-16-4-3-10-22-12-16/h1-12H,13-14H2. The SMILES string of the molecule is Brc1ccc(CSc2nnc(-c3ccccn3)n2Cc2cccnc2)cc1. The highest BCUT2D eigenvalue weighted by molar-refractivity contribution is 9.10. The van der Waals surface area contributed by atoms with Gasteiger partial charge in [0.05, 0.1) is 6.54 Å². The Labute approximate surface area is 170 Å². The molecule has 0 bridgehead atoms. The van der Waals surface area contributed by atoms with Gasteiger partial charge in [-0.1, -0.05) is 52.0 Å². The van der Waals surface area contributed by atoms with Crippen molar-refractivity contribution in [1.82, 2.24) is 24.7 Å². The molecule has 0 saturated carbocycles. The second-order valence-electron chi connectivity index (χ2n) is 5.88. The van der Waals surface area contributed by atoms with Crippen LogP contribution >= 0.6 is 27.7 Å². The first-order chi connectivity index (χ1) is 13.3. The van der Waals surface area contributed by atoms with Crippen molar-refractivity contribution in [2.24, 2.45) is 0 Å². The van der Waals surface area contributed by atoms with Gasteiger partial charge in [0.2, 0.25) is 0 Å². The number of rotatable bonds is 6. The minimum Gasteiger partial charge on any atom is -0.296 e. The van der Waals surface area contributed by atoms with Gasteiger partial charge < -0.3 is 0 Å². The first-order valence-corrected chi connectivity index (χ1v) is 10.2. The molecule has 0 atom stereocenters. The van der Waals surface area contributed by atoms with Crippen LogP contribution in [-0.2, 0) is 12.3 Å². The van der Waals surface area contributed by atoms with Gasteiger partial charge in [0.15, 0.2) is 11.0 Å². The fraction of sp³-hybridized carbons (Fsp3) is 0.100. The monoisotopic (exact) mass is 437 g/mol. The molecule has 3 heterocycles. The van der Waals surface area contributed by atoms with Crippen molar-refractivity contribution < 1.29 is 0 Å². The fourth-order valence-electron chi connectivity index (χ4n) is 2.63. The Bertz CT molecular complexity index is 1000. The molecule has 4 rings (SSSR count). The van der Waals surface area contributed by atoms with Crippen molar-refractivity contribution in [2.75, 3.05) is 0 Å². The number of hydrogen-bond donors (Lipinski definition) is 0. The number of halogens is 1. The molecule has 134 valence electrons. The number of nitrogens with zero attached hydrogens (tertiary/aromatic N) is 5. The fourth-order valence-corrected chi connectivity index (χ4v) is 3.78. The van der Waals surface area contributed by atoms with E-state index < -0.39 is 0 Å². The second kappa shape index (κ2) is 8.45. The lowest BCUT2D eigenvalue weighted by molar-refractivity contribution is 0.711. The van der Waals surface area contributed by atoms with E-state index in [2.05, 4.69) is 71.0 Å². The van der Waals surface area contributed by atoms with E-state index in [1.165, 1.54) is 5.56 Å². The van der Waals surface area contributed by atoms with Crippen LogP contribution < -0.4 is 0 Å². The Morgan fingerprint density at radius 1 is 0.889 bits per heavy atom. The number of thioether (sulfide) groups is 1. The van der Waals surface area contributed by atoms with Gasteiger partial charge in [-0.25, -0.2) is 0 Å². The highest BCUT2D eigenvalue weighted by atomic mass is 79.9. The average molecular weight is 438 g/mol. The predicted octanol–water partition coefficient (Wildman–Crippen LogP) is 4.84. The summed E-state index contributed by atoms with van der Waals surface area (Å²) in [5.74, 6) is 1.58. The number of pyridine rings is 2. The summed E-state index contributed by atoms with van der Waals surface area (Å²) in [6.07, 6.45) is 5.41. The lowest BCUT2D eigenvalue weighted by Gasteiger charge is -2.10. The third-order valence-corrected chi connectivity index (χ3v) is 5.52. The third-order valence-electron chi connectivity index (χ3n) is 3.96. The van der Waals surface area contributed by atoms with Gasteiger partial charge in [0, 0.05) is 28.8 Å². The first kappa shape index (κ1) is 17.9. The van der Waals surface area contributed by atoms with Crippen molar-refractivity contribution in [3.63, 3.8) is 0 Å². The summed E-state index contributed by atoms with van der Waals surface area (Å²) < 4.78 is 3.18. The zero-order valence-corrected chi connectivity index (χ0v) is 16.8. The molecule has 0 spiro atoms. The Morgan fingerprint density at radius 2 is 1.78 bits per heavy atom. The van der Waals surface area contributed by atoms with E-state index in [-0.39, 0.29) is 0 Å². The van der Waals surface area contributed by atoms with Crippen LogP contribution in [-0.4, -0.2) is 24.7 Å². The van der Waals surface area contributed by atoms with E-state index in [9.17, 15) is 0 Å². The maximum Gasteiger partial charge on any atom is 0.192 e. The molecule has 0 amide bonds. The van der Waals surface area contributed by atoms with Crippen molar-refractivity contribution in [1.29, 1.82) is 0 Å². The normalized spacial score (nSPS) is 10.9. The highest BCUT2D eigenvalue weighted by Gasteiger charge is 2.16. The molecule has 0 saturated heterocycles. The van der Waals surface area contributed by atoms with Crippen LogP contribution in [0.5, 0.6) is 0 Å². The van der Waals surface area contributed by atoms with E-state index >= 15 is 0 Å². The third kappa shape index (κ3) is 4.43. The Morgan fingerprint density at radius 3 is 2.52 bits per heavy atom. The molecule has 7 heteroatoms. The summed E-state index contributed by atoms with van der Waals surface area (Å²) in [5.41, 5.74) is 3.14. The number of aromatic nitrogens is 5. The van der Waals surface area contributed by atoms with Gasteiger partial charge >= 0.3 is 0 Å². The minimum absolute atomic E-state index is 0.648. The van der Waals surface area contributed by atoms with Gasteiger partial charge in [-0.2, -0.15) is 0 Å². The summed E-state index contributed by atoms with van der Waals surface area (Å²) in [7, 11) is 0. The van der Waals surface area contributed by atoms with Gasteiger partial charge in [-0.3, -0.25) is 14.5 Å². The highest BCUT2D eigenvalue weighted by Crippen LogP contribution is 2.27. The van der Waals surface area contributed by atoms with Crippen LogP contribution in [0.25, 0.3) is 11.5 Å². The molecule has 27 heavy (non-hydrogen) atoms. The van der Waals surface area contributed by atoms with E-state index in [0.29, 0.717) is 6.54 Å². The molecule has 0 aliphatic carbocycles. The molecule has 0 aliphatic rings. The summed E-state index contributed by atoms with van der Waals surface area (Å²) in [6, 6.07) is 18.1. The number of benzene rings is 1. The Kier molecular flexibility index (Phi) is 5.60. The van der Waals surface area contributed by atoms with Crippen LogP contribution in [0.4, 0.5) is 0 Å². The predicted molar refractivity (Wildman–Crippen MR) is 110 cm³/mol. The van der Waals surface area contributed by atoms with Gasteiger partial charge in [0.1, 0.15) is 5.69 Å². The van der Waals surface area contributed by atoms with Crippen molar-refractivity contribution in [3.05, 3.63) is 88.8 Å². The molecular formula is C20H16BrN5S. The van der Waals surface area contributed by atoms with E-state index in [0.717, 1.165) is 32.5 Å². The molecule has 5 nitrogen and oxygen atoms in total. The molecule has 0 N–H and O–H groups in total. The Balaban J connectivity index is 1.64. The topological polar surface area (TPSA) is 56.5 Å². The lowest BCUT2D eigenvalue weighted by atomic mass is 10.2. The minimum atomic E-state index is 0.648. The van der Waals surface area contributed by atoms with Crippen molar-refractivity contribution >= 4 is 27.7 Å².